The van der Waals surface area contributed by atoms with Crippen molar-refractivity contribution in [3.63, 3.8) is 0 Å². The Bertz CT molecular complexity index is 2090. The van der Waals surface area contributed by atoms with E-state index in [-0.39, 0.29) is 18.1 Å². The minimum atomic E-state index is -0.732. The van der Waals surface area contributed by atoms with Crippen LogP contribution in [-0.4, -0.2) is 10.5 Å². The van der Waals surface area contributed by atoms with Gasteiger partial charge in [0.15, 0.2) is 4.80 Å². The van der Waals surface area contributed by atoms with E-state index in [9.17, 15) is 9.59 Å². The topological polar surface area (TPSA) is 72.7 Å². The maximum Gasteiger partial charge on any atom is 0.271 e. The average molecular weight is 661 g/mol. The number of halogens is 3. The smallest absolute Gasteiger partial charge is 0.271 e. The molecule has 0 fully saturated rings. The first kappa shape index (κ1) is 29.9. The zero-order valence-corrected chi connectivity index (χ0v) is 26.3. The first-order valence-corrected chi connectivity index (χ1v) is 15.5. The van der Waals surface area contributed by atoms with Gasteiger partial charge in [0.1, 0.15) is 12.4 Å². The minimum absolute atomic E-state index is 0.235. The number of ether oxygens (including phenoxy) is 1. The molecule has 1 N–H and O–H groups in total. The van der Waals surface area contributed by atoms with Crippen molar-refractivity contribution in [2.24, 2.45) is 4.99 Å². The Morgan fingerprint density at radius 2 is 1.66 bits per heavy atom. The van der Waals surface area contributed by atoms with Crippen molar-refractivity contribution < 1.29 is 9.53 Å². The summed E-state index contributed by atoms with van der Waals surface area (Å²) in [6, 6.07) is 28.2. The first-order chi connectivity index (χ1) is 21.3. The predicted molar refractivity (Wildman–Crippen MR) is 178 cm³/mol. The summed E-state index contributed by atoms with van der Waals surface area (Å²) in [5.41, 5.74) is 3.38. The van der Waals surface area contributed by atoms with Gasteiger partial charge in [-0.05, 0) is 67.1 Å². The zero-order chi connectivity index (χ0) is 30.8. The number of rotatable bonds is 7. The number of aromatic nitrogens is 1. The Morgan fingerprint density at radius 1 is 0.955 bits per heavy atom. The number of nitrogens with zero attached hydrogens (tertiary/aromatic N) is 2. The van der Waals surface area contributed by atoms with E-state index in [1.165, 1.54) is 11.3 Å². The number of thiazole rings is 1. The summed E-state index contributed by atoms with van der Waals surface area (Å²) < 4.78 is 8.09. The Hall–Kier alpha value is -4.14. The number of hydrogen-bond acceptors (Lipinski definition) is 5. The molecule has 10 heteroatoms. The molecule has 0 saturated heterocycles. The van der Waals surface area contributed by atoms with Crippen LogP contribution in [0.5, 0.6) is 5.75 Å². The molecule has 5 aromatic rings. The molecular formula is C34H24Cl3N3O3S. The van der Waals surface area contributed by atoms with Crippen LogP contribution >= 0.6 is 46.1 Å². The highest BCUT2D eigenvalue weighted by molar-refractivity contribution is 7.07. The van der Waals surface area contributed by atoms with E-state index < -0.39 is 6.04 Å². The lowest BCUT2D eigenvalue weighted by Gasteiger charge is -2.25. The van der Waals surface area contributed by atoms with Gasteiger partial charge >= 0.3 is 0 Å². The van der Waals surface area contributed by atoms with Crippen molar-refractivity contribution >= 4 is 63.8 Å². The van der Waals surface area contributed by atoms with Crippen LogP contribution in [0.3, 0.4) is 0 Å². The molecule has 4 aromatic carbocycles. The molecule has 0 saturated carbocycles. The highest BCUT2D eigenvalue weighted by atomic mass is 35.5. The third-order valence-corrected chi connectivity index (χ3v) is 8.92. The number of amides is 1. The van der Waals surface area contributed by atoms with Gasteiger partial charge in [-0.25, -0.2) is 4.99 Å². The number of allylic oxidation sites excluding steroid dienone is 1. The molecule has 0 unspecified atom stereocenters. The number of carbonyl (C=O) groups excluding carboxylic acids is 1. The van der Waals surface area contributed by atoms with Gasteiger partial charge in [-0.1, -0.05) is 94.7 Å². The molecule has 0 spiro atoms. The second kappa shape index (κ2) is 12.8. The summed E-state index contributed by atoms with van der Waals surface area (Å²) in [6.45, 7) is 2.01. The molecule has 0 bridgehead atoms. The van der Waals surface area contributed by atoms with Gasteiger partial charge in [0.05, 0.1) is 21.8 Å². The van der Waals surface area contributed by atoms with Gasteiger partial charge in [0.25, 0.3) is 11.5 Å². The predicted octanol–water partition coefficient (Wildman–Crippen LogP) is 7.41. The maximum absolute atomic E-state index is 14.1. The van der Waals surface area contributed by atoms with E-state index in [1.807, 2.05) is 48.5 Å². The van der Waals surface area contributed by atoms with E-state index >= 15 is 0 Å². The Balaban J connectivity index is 1.44. The van der Waals surface area contributed by atoms with Crippen molar-refractivity contribution in [3.8, 4) is 5.75 Å². The van der Waals surface area contributed by atoms with Gasteiger partial charge in [-0.2, -0.15) is 0 Å². The monoisotopic (exact) mass is 659 g/mol. The Kier molecular flexibility index (Phi) is 8.73. The van der Waals surface area contributed by atoms with Crippen LogP contribution in [0.2, 0.25) is 15.1 Å². The molecule has 6 nitrogen and oxygen atoms in total. The molecule has 220 valence electrons. The summed E-state index contributed by atoms with van der Waals surface area (Å²) in [6.07, 6.45) is 1.74. The SMILES string of the molecule is CC1=C(C(=O)Nc2ccccc2)[C@@H](c2ccc(Cl)cc2)n2c(s/c(=C\c3cc(Cl)ccc3OCc3ccccc3Cl)c2=O)=N1. The molecule has 2 heterocycles. The number of nitrogens with one attached hydrogen (secondary N) is 1. The summed E-state index contributed by atoms with van der Waals surface area (Å²) >= 11 is 20.1. The standard InChI is InChI=1S/C34H24Cl3N3O3S/c1-20-30(32(41)39-26-8-3-2-4-9-26)31(21-11-13-24(35)14-12-21)40-33(42)29(44-34(40)38-20)18-23-17-25(36)15-16-28(23)43-19-22-7-5-6-10-27(22)37/h2-18,31H,19H2,1H3,(H,39,41)/b29-18-/t31-/m1/s1. The molecule has 44 heavy (non-hydrogen) atoms. The van der Waals surface area contributed by atoms with Crippen LogP contribution < -0.4 is 24.9 Å². The number of hydrogen-bond donors (Lipinski definition) is 1. The normalized spacial score (nSPS) is 14.6. The second-order valence-electron chi connectivity index (χ2n) is 10.0. The van der Waals surface area contributed by atoms with E-state index in [2.05, 4.69) is 5.32 Å². The van der Waals surface area contributed by atoms with Crippen molar-refractivity contribution in [2.75, 3.05) is 5.32 Å². The van der Waals surface area contributed by atoms with Crippen molar-refractivity contribution in [2.45, 2.75) is 19.6 Å². The summed E-state index contributed by atoms with van der Waals surface area (Å²) in [7, 11) is 0. The molecule has 1 aliphatic rings. The highest BCUT2D eigenvalue weighted by Crippen LogP contribution is 2.32. The van der Waals surface area contributed by atoms with Gasteiger partial charge in [-0.15, -0.1) is 0 Å². The molecule has 1 atom stereocenters. The number of benzene rings is 4. The number of para-hydroxylation sites is 1. The molecule has 1 aliphatic heterocycles. The van der Waals surface area contributed by atoms with Gasteiger partial charge in [0, 0.05) is 31.9 Å². The fourth-order valence-corrected chi connectivity index (χ4v) is 6.50. The maximum atomic E-state index is 14.1. The summed E-state index contributed by atoms with van der Waals surface area (Å²) in [5, 5.41) is 4.58. The first-order valence-electron chi connectivity index (χ1n) is 13.6. The lowest BCUT2D eigenvalue weighted by atomic mass is 9.95. The number of carbonyl (C=O) groups is 1. The third kappa shape index (κ3) is 6.23. The fraction of sp³-hybridized carbons (Fsp3) is 0.0882. The van der Waals surface area contributed by atoms with E-state index in [0.717, 1.165) is 11.1 Å². The molecule has 1 amide bonds. The van der Waals surface area contributed by atoms with Gasteiger partial charge in [-0.3, -0.25) is 14.2 Å². The molecular weight excluding hydrogens is 637 g/mol. The molecule has 6 rings (SSSR count). The second-order valence-corrected chi connectivity index (χ2v) is 12.3. The molecule has 0 radical (unpaired) electrons. The van der Waals surface area contributed by atoms with Crippen molar-refractivity contribution in [3.05, 3.63) is 160 Å². The Labute approximate surface area is 272 Å². The van der Waals surface area contributed by atoms with Crippen molar-refractivity contribution in [1.29, 1.82) is 0 Å². The summed E-state index contributed by atoms with van der Waals surface area (Å²) in [4.78, 5) is 33.0. The van der Waals surface area contributed by atoms with E-state index in [1.54, 1.807) is 66.1 Å². The van der Waals surface area contributed by atoms with Crippen LogP contribution in [0.25, 0.3) is 6.08 Å². The average Bonchev–Trinajstić information content (AvgIpc) is 3.31. The van der Waals surface area contributed by atoms with Crippen LogP contribution in [0.15, 0.2) is 118 Å². The number of anilines is 1. The lowest BCUT2D eigenvalue weighted by Crippen LogP contribution is -2.40. The quantitative estimate of drug-likeness (QED) is 0.198. The Morgan fingerprint density at radius 3 is 2.41 bits per heavy atom. The van der Waals surface area contributed by atoms with Crippen molar-refractivity contribution in [1.82, 2.24) is 4.57 Å². The van der Waals surface area contributed by atoms with E-state index in [0.29, 0.717) is 52.7 Å². The largest absolute Gasteiger partial charge is 0.488 e. The molecule has 0 aliphatic carbocycles. The zero-order valence-electron chi connectivity index (χ0n) is 23.3. The highest BCUT2D eigenvalue weighted by Gasteiger charge is 2.32. The van der Waals surface area contributed by atoms with Crippen LogP contribution in [0, 0.1) is 0 Å². The van der Waals surface area contributed by atoms with Crippen LogP contribution in [0.4, 0.5) is 5.69 Å². The van der Waals surface area contributed by atoms with Crippen LogP contribution in [-0.2, 0) is 11.4 Å². The minimum Gasteiger partial charge on any atom is -0.488 e. The lowest BCUT2D eigenvalue weighted by molar-refractivity contribution is -0.113. The summed E-state index contributed by atoms with van der Waals surface area (Å²) in [5.74, 6) is 0.185. The van der Waals surface area contributed by atoms with E-state index in [4.69, 9.17) is 44.5 Å². The third-order valence-electron chi connectivity index (χ3n) is 7.08. The van der Waals surface area contributed by atoms with Gasteiger partial charge < -0.3 is 10.1 Å². The van der Waals surface area contributed by atoms with Crippen LogP contribution in [0.1, 0.15) is 29.7 Å². The fourth-order valence-electron chi connectivity index (χ4n) is 4.97. The number of fused-ring (bicyclic) bond motifs is 1. The van der Waals surface area contributed by atoms with Gasteiger partial charge in [0.2, 0.25) is 0 Å². The molecule has 1 aromatic heterocycles.